The number of hydrogen-bond acceptors (Lipinski definition) is 4. The number of imidazole rings is 1. The molecule has 0 aliphatic carbocycles. The molecule has 1 unspecified atom stereocenters. The van der Waals surface area contributed by atoms with E-state index in [2.05, 4.69) is 10.3 Å². The highest BCUT2D eigenvalue weighted by molar-refractivity contribution is 5.92. The maximum absolute atomic E-state index is 12.2. The summed E-state index contributed by atoms with van der Waals surface area (Å²) in [4.78, 5) is 15.0. The molecular formula is C11H10F3N3O3. The lowest BCUT2D eigenvalue weighted by atomic mass is 10.3. The number of rotatable bonds is 4. The van der Waals surface area contributed by atoms with E-state index in [9.17, 15) is 18.0 Å². The van der Waals surface area contributed by atoms with E-state index in [4.69, 9.17) is 10.2 Å². The van der Waals surface area contributed by atoms with E-state index in [1.165, 1.54) is 16.7 Å². The van der Waals surface area contributed by atoms with Gasteiger partial charge >= 0.3 is 12.1 Å². The van der Waals surface area contributed by atoms with Gasteiger partial charge in [-0.1, -0.05) is 6.07 Å². The van der Waals surface area contributed by atoms with Crippen LogP contribution in [-0.2, 0) is 0 Å². The number of aromatic carboxylic acids is 1. The molecule has 0 saturated carbocycles. The molecular weight excluding hydrogens is 279 g/mol. The summed E-state index contributed by atoms with van der Waals surface area (Å²) in [5.41, 5.74) is -0.0242. The predicted molar refractivity (Wildman–Crippen MR) is 62.7 cm³/mol. The summed E-state index contributed by atoms with van der Waals surface area (Å²) in [6.07, 6.45) is -5.96. The van der Waals surface area contributed by atoms with Crippen molar-refractivity contribution in [3.05, 3.63) is 30.1 Å². The third kappa shape index (κ3) is 2.67. The van der Waals surface area contributed by atoms with Crippen molar-refractivity contribution >= 4 is 17.4 Å². The van der Waals surface area contributed by atoms with Crippen LogP contribution in [0.1, 0.15) is 10.5 Å². The lowest BCUT2D eigenvalue weighted by molar-refractivity contribution is -0.198. The number of carbonyl (C=O) groups is 1. The largest absolute Gasteiger partial charge is 0.476 e. The Hall–Kier alpha value is -2.29. The van der Waals surface area contributed by atoms with Gasteiger partial charge in [0.15, 0.2) is 17.6 Å². The van der Waals surface area contributed by atoms with Gasteiger partial charge in [-0.3, -0.25) is 4.40 Å². The first kappa shape index (κ1) is 14.1. The molecule has 2 rings (SSSR count). The van der Waals surface area contributed by atoms with Gasteiger partial charge in [0, 0.05) is 6.20 Å². The van der Waals surface area contributed by atoms with Crippen molar-refractivity contribution in [3.8, 4) is 0 Å². The van der Waals surface area contributed by atoms with Crippen LogP contribution in [0, 0.1) is 0 Å². The topological polar surface area (TPSA) is 86.9 Å². The summed E-state index contributed by atoms with van der Waals surface area (Å²) in [6.45, 7) is -0.881. The first-order valence-electron chi connectivity index (χ1n) is 5.49. The lowest BCUT2D eigenvalue weighted by Gasteiger charge is -2.14. The van der Waals surface area contributed by atoms with Gasteiger partial charge in [-0.2, -0.15) is 13.2 Å². The molecule has 6 nitrogen and oxygen atoms in total. The number of anilines is 1. The molecule has 2 heterocycles. The number of halogens is 3. The number of hydrogen-bond donors (Lipinski definition) is 3. The number of aromatic nitrogens is 2. The molecule has 0 spiro atoms. The Labute approximate surface area is 110 Å². The van der Waals surface area contributed by atoms with Gasteiger partial charge < -0.3 is 15.5 Å². The molecule has 9 heteroatoms. The molecule has 0 fully saturated rings. The van der Waals surface area contributed by atoms with Crippen molar-refractivity contribution in [1.82, 2.24) is 9.38 Å². The van der Waals surface area contributed by atoms with Crippen LogP contribution in [0.25, 0.3) is 5.65 Å². The van der Waals surface area contributed by atoms with Crippen LogP contribution in [0.3, 0.4) is 0 Å². The molecule has 108 valence electrons. The number of pyridine rings is 1. The number of nitrogens with one attached hydrogen (secondary N) is 1. The van der Waals surface area contributed by atoms with E-state index in [1.54, 1.807) is 12.1 Å². The fourth-order valence-electron chi connectivity index (χ4n) is 1.63. The third-order valence-electron chi connectivity index (χ3n) is 2.57. The molecule has 0 bridgehead atoms. The molecule has 1 atom stereocenters. The van der Waals surface area contributed by atoms with E-state index in [0.717, 1.165) is 0 Å². The number of fused-ring (bicyclic) bond motifs is 1. The van der Waals surface area contributed by atoms with Crippen LogP contribution >= 0.6 is 0 Å². The molecule has 0 amide bonds. The van der Waals surface area contributed by atoms with E-state index < -0.39 is 24.8 Å². The van der Waals surface area contributed by atoms with Crippen LogP contribution in [-0.4, -0.2) is 44.4 Å². The highest BCUT2D eigenvalue weighted by atomic mass is 19.4. The van der Waals surface area contributed by atoms with Crippen LogP contribution < -0.4 is 5.32 Å². The molecule has 0 aromatic carbocycles. The second-order valence-electron chi connectivity index (χ2n) is 3.98. The van der Waals surface area contributed by atoms with Crippen LogP contribution in [0.2, 0.25) is 0 Å². The second-order valence-corrected chi connectivity index (χ2v) is 3.98. The monoisotopic (exact) mass is 289 g/mol. The van der Waals surface area contributed by atoms with Crippen molar-refractivity contribution in [1.29, 1.82) is 0 Å². The smallest absolute Gasteiger partial charge is 0.416 e. The highest BCUT2D eigenvalue weighted by Crippen LogP contribution is 2.22. The summed E-state index contributed by atoms with van der Waals surface area (Å²) in [5.74, 6) is -1.57. The van der Waals surface area contributed by atoms with Gasteiger partial charge in [0.1, 0.15) is 5.65 Å². The standard InChI is InChI=1S/C11H10F3N3O3/c12-11(13,14)6(18)5-15-9-8(10(19)20)17-4-2-1-3-7(17)16-9/h1-4,6,15,18H,5H2,(H,19,20). The Morgan fingerprint density at radius 3 is 2.75 bits per heavy atom. The van der Waals surface area contributed by atoms with Gasteiger partial charge in [-0.05, 0) is 12.1 Å². The molecule has 20 heavy (non-hydrogen) atoms. The minimum atomic E-state index is -4.78. The van der Waals surface area contributed by atoms with Crippen LogP contribution in [0.15, 0.2) is 24.4 Å². The average Bonchev–Trinajstić information content (AvgIpc) is 2.72. The van der Waals surface area contributed by atoms with Crippen molar-refractivity contribution < 1.29 is 28.2 Å². The first-order chi connectivity index (χ1) is 9.30. The van der Waals surface area contributed by atoms with E-state index in [0.29, 0.717) is 0 Å². The Kier molecular flexibility index (Phi) is 3.53. The molecule has 0 radical (unpaired) electrons. The van der Waals surface area contributed by atoms with Crippen LogP contribution in [0.5, 0.6) is 0 Å². The molecule has 2 aromatic heterocycles. The average molecular weight is 289 g/mol. The minimum Gasteiger partial charge on any atom is -0.476 e. The van der Waals surface area contributed by atoms with Crippen molar-refractivity contribution in [3.63, 3.8) is 0 Å². The van der Waals surface area contributed by atoms with Gasteiger partial charge in [0.05, 0.1) is 6.54 Å². The van der Waals surface area contributed by atoms with Crippen molar-refractivity contribution in [2.75, 3.05) is 11.9 Å². The molecule has 0 aliphatic rings. The Bertz CT molecular complexity index is 639. The Balaban J connectivity index is 2.30. The van der Waals surface area contributed by atoms with Gasteiger partial charge in [-0.15, -0.1) is 0 Å². The summed E-state index contributed by atoms with van der Waals surface area (Å²) in [7, 11) is 0. The van der Waals surface area contributed by atoms with E-state index in [-0.39, 0.29) is 17.2 Å². The summed E-state index contributed by atoms with van der Waals surface area (Å²) < 4.78 is 37.8. The highest BCUT2D eigenvalue weighted by Gasteiger charge is 2.38. The zero-order chi connectivity index (χ0) is 14.9. The van der Waals surface area contributed by atoms with Crippen molar-refractivity contribution in [2.24, 2.45) is 0 Å². The van der Waals surface area contributed by atoms with Crippen LogP contribution in [0.4, 0.5) is 19.0 Å². The normalized spacial score (nSPS) is 13.4. The molecule has 0 aliphatic heterocycles. The predicted octanol–water partition coefficient (Wildman–Crippen LogP) is 1.37. The summed E-state index contributed by atoms with van der Waals surface area (Å²) in [5, 5.41) is 20.2. The number of aliphatic hydroxyl groups excluding tert-OH is 1. The number of carboxylic acid groups (broad SMARTS) is 1. The molecule has 3 N–H and O–H groups in total. The third-order valence-corrected chi connectivity index (χ3v) is 2.57. The van der Waals surface area contributed by atoms with Crippen molar-refractivity contribution in [2.45, 2.75) is 12.3 Å². The Morgan fingerprint density at radius 1 is 1.45 bits per heavy atom. The maximum Gasteiger partial charge on any atom is 0.416 e. The number of aliphatic hydroxyl groups is 1. The van der Waals surface area contributed by atoms with Gasteiger partial charge in [0.25, 0.3) is 0 Å². The first-order valence-corrected chi connectivity index (χ1v) is 5.49. The number of alkyl halides is 3. The number of carboxylic acids is 1. The Morgan fingerprint density at radius 2 is 2.15 bits per heavy atom. The summed E-state index contributed by atoms with van der Waals surface area (Å²) in [6, 6.07) is 4.69. The zero-order valence-electron chi connectivity index (χ0n) is 9.92. The minimum absolute atomic E-state index is 0.230. The van der Waals surface area contributed by atoms with E-state index in [1.807, 2.05) is 0 Å². The van der Waals surface area contributed by atoms with Gasteiger partial charge in [-0.25, -0.2) is 9.78 Å². The lowest BCUT2D eigenvalue weighted by Crippen LogP contribution is -2.35. The summed E-state index contributed by atoms with van der Waals surface area (Å²) >= 11 is 0. The molecule has 0 saturated heterocycles. The fraction of sp³-hybridized carbons (Fsp3) is 0.273. The SMILES string of the molecule is O=C(O)c1c(NCC(O)C(F)(F)F)nc2ccccn12. The quantitative estimate of drug-likeness (QED) is 0.791. The molecule has 2 aromatic rings. The van der Waals surface area contributed by atoms with Gasteiger partial charge in [0.2, 0.25) is 0 Å². The maximum atomic E-state index is 12.2. The second kappa shape index (κ2) is 5.00. The van der Waals surface area contributed by atoms with E-state index >= 15 is 0 Å². The fourth-order valence-corrected chi connectivity index (χ4v) is 1.63. The zero-order valence-corrected chi connectivity index (χ0v) is 9.92. The number of nitrogens with zero attached hydrogens (tertiary/aromatic N) is 2.